The van der Waals surface area contributed by atoms with Gasteiger partial charge in [0.2, 0.25) is 0 Å². The number of benzene rings is 2. The number of hydrogen-bond acceptors (Lipinski definition) is 8. The third kappa shape index (κ3) is 9.97. The van der Waals surface area contributed by atoms with Gasteiger partial charge in [-0.3, -0.25) is 9.11 Å². The fourth-order valence-corrected chi connectivity index (χ4v) is 3.11. The van der Waals surface area contributed by atoms with Gasteiger partial charge in [0, 0.05) is 0 Å². The van der Waals surface area contributed by atoms with E-state index >= 15 is 0 Å². The summed E-state index contributed by atoms with van der Waals surface area (Å²) in [6.07, 6.45) is 0. The Balaban J connectivity index is -0.000000539. The molecule has 2 aromatic carbocycles. The van der Waals surface area contributed by atoms with Gasteiger partial charge in [-0.05, 0) is 36.4 Å². The van der Waals surface area contributed by atoms with Crippen molar-refractivity contribution >= 4 is 67.2 Å². The van der Waals surface area contributed by atoms with Gasteiger partial charge >= 0.3 is 46.9 Å². The fraction of sp³-hybridized carbons (Fsp3) is 0. The van der Waals surface area contributed by atoms with Crippen molar-refractivity contribution in [3.05, 3.63) is 73.5 Å². The molecule has 0 saturated heterocycles. The monoisotopic (exact) mass is 546 g/mol. The molecule has 2 rings (SSSR count). The molecule has 17 heteroatoms. The Morgan fingerprint density at radius 3 is 0.914 bits per heavy atom. The summed E-state index contributed by atoms with van der Waals surface area (Å²) in [6, 6.07) is 4.39. The van der Waals surface area contributed by atoms with E-state index in [9.17, 15) is 36.0 Å². The van der Waals surface area contributed by atoms with Crippen molar-refractivity contribution in [1.29, 1.82) is 0 Å². The van der Waals surface area contributed by atoms with Gasteiger partial charge in [0.1, 0.15) is 0 Å². The molecule has 0 aliphatic rings. The summed E-state index contributed by atoms with van der Waals surface area (Å²) in [4.78, 5) is 41.2. The molecule has 0 heterocycles. The normalized spacial score (nSPS) is 10.1. The maximum atomic E-state index is 10.7. The minimum absolute atomic E-state index is 0. The quantitative estimate of drug-likeness (QED) is 0.169. The second kappa shape index (κ2) is 13.7. The maximum absolute atomic E-state index is 10.7. The van der Waals surface area contributed by atoms with Crippen molar-refractivity contribution in [2.75, 3.05) is 0 Å². The predicted octanol–water partition coefficient (Wildman–Crippen LogP) is 1.18. The van der Waals surface area contributed by atoms with E-state index in [-0.39, 0.29) is 37.9 Å². The number of carboxylic acid groups (broad SMARTS) is 4. The Bertz CT molecular complexity index is 1230. The van der Waals surface area contributed by atoms with E-state index in [0.29, 0.717) is 12.1 Å². The van der Waals surface area contributed by atoms with Gasteiger partial charge in [-0.25, -0.2) is 19.2 Å². The first-order valence-corrected chi connectivity index (χ1v) is 10.5. The van der Waals surface area contributed by atoms with Gasteiger partial charge < -0.3 is 35.3 Å². The molecule has 35 heavy (non-hydrogen) atoms. The molecular formula is C18H18MgO14S2. The van der Waals surface area contributed by atoms with E-state index in [4.69, 9.17) is 29.5 Å². The summed E-state index contributed by atoms with van der Waals surface area (Å²) in [7, 11) is -9.12. The summed E-state index contributed by atoms with van der Waals surface area (Å²) < 4.78 is 60.1. The average molecular weight is 547 g/mol. The Morgan fingerprint density at radius 1 is 0.514 bits per heavy atom. The SMILES string of the molecule is O=C(O)c1ccc(S(=O)(=O)O)cc1C(=O)O.O=C(O)c1ccc(S(=O)(=O)O)cc1C(=O)O.[CH3-].[CH3-].[Mg+2]. The second-order valence-electron chi connectivity index (χ2n) is 5.59. The second-order valence-corrected chi connectivity index (χ2v) is 8.43. The molecule has 6 N–H and O–H groups in total. The third-order valence-corrected chi connectivity index (χ3v) is 5.20. The molecule has 14 nitrogen and oxygen atoms in total. The van der Waals surface area contributed by atoms with Gasteiger partial charge in [0.25, 0.3) is 20.2 Å². The van der Waals surface area contributed by atoms with Crippen LogP contribution in [0.1, 0.15) is 41.4 Å². The standard InChI is InChI=1S/2C8H6O7S.2CH3.Mg/c2*9-7(10)5-2-1-4(16(13,14)15)3-6(5)8(11)12;;;/h2*1-3H,(H,9,10)(H,11,12)(H,13,14,15);2*1H3;/q;;2*-1;+2. The van der Waals surface area contributed by atoms with Crippen LogP contribution in [0.2, 0.25) is 0 Å². The molecule has 0 aliphatic carbocycles. The van der Waals surface area contributed by atoms with Crippen LogP contribution in [0.15, 0.2) is 46.2 Å². The van der Waals surface area contributed by atoms with Gasteiger partial charge in [-0.15, -0.1) is 0 Å². The van der Waals surface area contributed by atoms with Crippen LogP contribution in [0.5, 0.6) is 0 Å². The van der Waals surface area contributed by atoms with Crippen LogP contribution in [-0.4, -0.2) is 93.3 Å². The van der Waals surface area contributed by atoms with E-state index in [2.05, 4.69) is 0 Å². The molecule has 0 amide bonds. The van der Waals surface area contributed by atoms with Crippen LogP contribution in [0.4, 0.5) is 0 Å². The van der Waals surface area contributed by atoms with Crippen LogP contribution in [-0.2, 0) is 20.2 Å². The van der Waals surface area contributed by atoms with Gasteiger partial charge in [0.15, 0.2) is 0 Å². The molecule has 0 spiro atoms. The van der Waals surface area contributed by atoms with Crippen molar-refractivity contribution in [3.8, 4) is 0 Å². The van der Waals surface area contributed by atoms with Crippen LogP contribution in [0.3, 0.4) is 0 Å². The van der Waals surface area contributed by atoms with E-state index < -0.39 is 76.2 Å². The zero-order valence-corrected chi connectivity index (χ0v) is 21.0. The third-order valence-electron chi connectivity index (χ3n) is 3.50. The zero-order valence-electron chi connectivity index (χ0n) is 17.9. The van der Waals surface area contributed by atoms with E-state index in [1.807, 2.05) is 0 Å². The van der Waals surface area contributed by atoms with Gasteiger partial charge in [-0.2, -0.15) is 16.8 Å². The van der Waals surface area contributed by atoms with Crippen LogP contribution in [0.25, 0.3) is 0 Å². The summed E-state index contributed by atoms with van der Waals surface area (Å²) in [5.41, 5.74) is -2.52. The van der Waals surface area contributed by atoms with Crippen LogP contribution in [0, 0.1) is 14.9 Å². The molecule has 0 unspecified atom stereocenters. The minimum Gasteiger partial charge on any atom is -0.478 e. The average Bonchev–Trinajstić information content (AvgIpc) is 2.65. The van der Waals surface area contributed by atoms with Crippen LogP contribution < -0.4 is 0 Å². The Kier molecular flexibility index (Phi) is 14.3. The van der Waals surface area contributed by atoms with Crippen LogP contribution >= 0.6 is 0 Å². The predicted molar refractivity (Wildman–Crippen MR) is 119 cm³/mol. The summed E-state index contributed by atoms with van der Waals surface area (Å²) in [5.74, 6) is -6.19. The zero-order chi connectivity index (χ0) is 25.0. The molecule has 0 aliphatic heterocycles. The molecule has 2 aromatic rings. The molecular weight excluding hydrogens is 529 g/mol. The van der Waals surface area contributed by atoms with Crippen molar-refractivity contribution in [2.24, 2.45) is 0 Å². The first-order valence-electron chi connectivity index (χ1n) is 7.63. The van der Waals surface area contributed by atoms with Crippen molar-refractivity contribution in [2.45, 2.75) is 9.79 Å². The van der Waals surface area contributed by atoms with Gasteiger partial charge in [0.05, 0.1) is 32.0 Å². The molecule has 0 saturated carbocycles. The Hall–Kier alpha value is -3.09. The molecule has 0 atom stereocenters. The number of carboxylic acids is 4. The molecule has 0 radical (unpaired) electrons. The Labute approximate surface area is 215 Å². The maximum Gasteiger partial charge on any atom is 2.00 e. The minimum atomic E-state index is -4.56. The molecule has 188 valence electrons. The van der Waals surface area contributed by atoms with E-state index in [1.54, 1.807) is 0 Å². The van der Waals surface area contributed by atoms with E-state index in [1.165, 1.54) is 0 Å². The summed E-state index contributed by atoms with van der Waals surface area (Å²) in [6.45, 7) is 0. The molecule has 0 aromatic heterocycles. The first kappa shape index (κ1) is 36.5. The van der Waals surface area contributed by atoms with Gasteiger partial charge in [-0.1, -0.05) is 0 Å². The number of hydrogen-bond donors (Lipinski definition) is 6. The summed E-state index contributed by atoms with van der Waals surface area (Å²) >= 11 is 0. The topological polar surface area (TPSA) is 258 Å². The number of rotatable bonds is 6. The molecule has 0 bridgehead atoms. The Morgan fingerprint density at radius 2 is 0.743 bits per heavy atom. The first-order chi connectivity index (χ1) is 14.5. The van der Waals surface area contributed by atoms with Crippen molar-refractivity contribution in [1.82, 2.24) is 0 Å². The smallest absolute Gasteiger partial charge is 0.478 e. The number of carbonyl (C=O) groups is 4. The number of aromatic carboxylic acids is 4. The molecule has 0 fully saturated rings. The summed E-state index contributed by atoms with van der Waals surface area (Å²) in [5, 5.41) is 34.6. The largest absolute Gasteiger partial charge is 2.00 e. The van der Waals surface area contributed by atoms with Crippen molar-refractivity contribution in [3.63, 3.8) is 0 Å². The van der Waals surface area contributed by atoms with E-state index in [0.717, 1.165) is 24.3 Å². The van der Waals surface area contributed by atoms with Crippen molar-refractivity contribution < 1.29 is 65.5 Å². The fourth-order valence-electron chi connectivity index (χ4n) is 2.09.